The molecule has 1 aliphatic heterocycles. The number of nitrogens with two attached hydrogens (primary N) is 1. The molecule has 1 heterocycles. The Hall–Kier alpha value is -1.06. The normalized spacial score (nSPS) is 17.8. The SMILES string of the molecule is N[C@@H](CCO)c1ccc(N2CCCC2)cc1. The first kappa shape index (κ1) is 11.4. The van der Waals surface area contributed by atoms with Crippen molar-refractivity contribution in [1.29, 1.82) is 0 Å². The van der Waals surface area contributed by atoms with Crippen LogP contribution in [0.1, 0.15) is 30.9 Å². The van der Waals surface area contributed by atoms with Crippen molar-refractivity contribution in [1.82, 2.24) is 0 Å². The average Bonchev–Trinajstić information content (AvgIpc) is 2.83. The maximum Gasteiger partial charge on any atom is 0.0449 e. The van der Waals surface area contributed by atoms with Gasteiger partial charge in [0.2, 0.25) is 0 Å². The third kappa shape index (κ3) is 2.54. The Morgan fingerprint density at radius 2 is 1.81 bits per heavy atom. The van der Waals surface area contributed by atoms with Crippen LogP contribution >= 0.6 is 0 Å². The zero-order chi connectivity index (χ0) is 11.4. The molecule has 0 unspecified atom stereocenters. The monoisotopic (exact) mass is 220 g/mol. The first-order chi connectivity index (χ1) is 7.81. The maximum atomic E-state index is 8.84. The Kier molecular flexibility index (Phi) is 3.80. The molecule has 1 aromatic carbocycles. The smallest absolute Gasteiger partial charge is 0.0449 e. The van der Waals surface area contributed by atoms with E-state index >= 15 is 0 Å². The van der Waals surface area contributed by atoms with Crippen molar-refractivity contribution in [2.45, 2.75) is 25.3 Å². The van der Waals surface area contributed by atoms with E-state index in [9.17, 15) is 0 Å². The van der Waals surface area contributed by atoms with Crippen molar-refractivity contribution in [2.75, 3.05) is 24.6 Å². The Balaban J connectivity index is 2.03. The van der Waals surface area contributed by atoms with Crippen molar-refractivity contribution in [3.8, 4) is 0 Å². The molecule has 2 rings (SSSR count). The van der Waals surface area contributed by atoms with E-state index in [2.05, 4.69) is 29.2 Å². The van der Waals surface area contributed by atoms with Gasteiger partial charge < -0.3 is 15.7 Å². The quantitative estimate of drug-likeness (QED) is 0.811. The van der Waals surface area contributed by atoms with Crippen LogP contribution in [0.5, 0.6) is 0 Å². The molecule has 16 heavy (non-hydrogen) atoms. The van der Waals surface area contributed by atoms with Crippen molar-refractivity contribution < 1.29 is 5.11 Å². The molecule has 1 aromatic rings. The lowest BCUT2D eigenvalue weighted by molar-refractivity contribution is 0.276. The van der Waals surface area contributed by atoms with Gasteiger partial charge in [0.05, 0.1) is 0 Å². The van der Waals surface area contributed by atoms with E-state index in [1.54, 1.807) is 0 Å². The zero-order valence-electron chi connectivity index (χ0n) is 9.60. The molecule has 0 spiro atoms. The molecule has 88 valence electrons. The fourth-order valence-corrected chi connectivity index (χ4v) is 2.21. The van der Waals surface area contributed by atoms with E-state index in [0.29, 0.717) is 6.42 Å². The summed E-state index contributed by atoms with van der Waals surface area (Å²) in [5.74, 6) is 0. The van der Waals surface area contributed by atoms with E-state index in [1.165, 1.54) is 31.6 Å². The molecule has 0 aromatic heterocycles. The summed E-state index contributed by atoms with van der Waals surface area (Å²) in [7, 11) is 0. The number of nitrogens with zero attached hydrogens (tertiary/aromatic N) is 1. The van der Waals surface area contributed by atoms with Crippen LogP contribution in [0.2, 0.25) is 0 Å². The van der Waals surface area contributed by atoms with Gasteiger partial charge in [-0.25, -0.2) is 0 Å². The van der Waals surface area contributed by atoms with Crippen molar-refractivity contribution in [2.24, 2.45) is 5.73 Å². The molecule has 0 aliphatic carbocycles. The molecular weight excluding hydrogens is 200 g/mol. The molecule has 1 saturated heterocycles. The highest BCUT2D eigenvalue weighted by Crippen LogP contribution is 2.22. The summed E-state index contributed by atoms with van der Waals surface area (Å²) in [6, 6.07) is 8.38. The molecule has 0 radical (unpaired) electrons. The fourth-order valence-electron chi connectivity index (χ4n) is 2.21. The summed E-state index contributed by atoms with van der Waals surface area (Å²) in [4.78, 5) is 2.40. The van der Waals surface area contributed by atoms with Gasteiger partial charge in [-0.2, -0.15) is 0 Å². The highest BCUT2D eigenvalue weighted by molar-refractivity contribution is 5.48. The van der Waals surface area contributed by atoms with Crippen LogP contribution in [0.3, 0.4) is 0 Å². The molecule has 1 aliphatic rings. The predicted octanol–water partition coefficient (Wildman–Crippen LogP) is 1.67. The standard InChI is InChI=1S/C13H20N2O/c14-13(7-10-16)11-3-5-12(6-4-11)15-8-1-2-9-15/h3-6,13,16H,1-2,7-10,14H2/t13-/m0/s1. The molecule has 3 nitrogen and oxygen atoms in total. The van der Waals surface area contributed by atoms with Crippen LogP contribution in [0.15, 0.2) is 24.3 Å². The van der Waals surface area contributed by atoms with Gasteiger partial charge in [0.25, 0.3) is 0 Å². The lowest BCUT2D eigenvalue weighted by Gasteiger charge is -2.18. The van der Waals surface area contributed by atoms with Gasteiger partial charge in [0, 0.05) is 31.4 Å². The lowest BCUT2D eigenvalue weighted by Crippen LogP contribution is -2.18. The van der Waals surface area contributed by atoms with E-state index in [1.807, 2.05) is 0 Å². The molecule has 3 heteroatoms. The molecular formula is C13H20N2O. The highest BCUT2D eigenvalue weighted by Gasteiger charge is 2.12. The van der Waals surface area contributed by atoms with Crippen molar-refractivity contribution in [3.63, 3.8) is 0 Å². The van der Waals surface area contributed by atoms with Crippen molar-refractivity contribution >= 4 is 5.69 Å². The van der Waals surface area contributed by atoms with Crippen LogP contribution < -0.4 is 10.6 Å². The summed E-state index contributed by atoms with van der Waals surface area (Å²) in [5, 5.41) is 8.84. The first-order valence-electron chi connectivity index (χ1n) is 6.02. The van der Waals surface area contributed by atoms with Crippen molar-refractivity contribution in [3.05, 3.63) is 29.8 Å². The topological polar surface area (TPSA) is 49.5 Å². The van der Waals surface area contributed by atoms with Crippen LogP contribution in [0, 0.1) is 0 Å². The Bertz CT molecular complexity index is 317. The number of benzene rings is 1. The van der Waals surface area contributed by atoms with E-state index < -0.39 is 0 Å². The highest BCUT2D eigenvalue weighted by atomic mass is 16.3. The largest absolute Gasteiger partial charge is 0.396 e. The minimum absolute atomic E-state index is 0.0439. The van der Waals surface area contributed by atoms with Gasteiger partial charge in [0.1, 0.15) is 0 Å². The van der Waals surface area contributed by atoms with Gasteiger partial charge in [-0.05, 0) is 37.0 Å². The molecule has 1 atom stereocenters. The minimum Gasteiger partial charge on any atom is -0.396 e. The van der Waals surface area contributed by atoms with Gasteiger partial charge in [0.15, 0.2) is 0 Å². The van der Waals surface area contributed by atoms with E-state index in [-0.39, 0.29) is 12.6 Å². The second-order valence-electron chi connectivity index (χ2n) is 4.40. The third-order valence-corrected chi connectivity index (χ3v) is 3.23. The molecule has 0 saturated carbocycles. The second-order valence-corrected chi connectivity index (χ2v) is 4.40. The van der Waals surface area contributed by atoms with Gasteiger partial charge in [-0.1, -0.05) is 12.1 Å². The number of hydrogen-bond donors (Lipinski definition) is 2. The maximum absolute atomic E-state index is 8.84. The van der Waals surface area contributed by atoms with Crippen LogP contribution in [0.4, 0.5) is 5.69 Å². The van der Waals surface area contributed by atoms with Gasteiger partial charge >= 0.3 is 0 Å². The number of hydrogen-bond acceptors (Lipinski definition) is 3. The molecule has 0 amide bonds. The molecule has 3 N–H and O–H groups in total. The van der Waals surface area contributed by atoms with E-state index in [4.69, 9.17) is 10.8 Å². The second kappa shape index (κ2) is 5.32. The average molecular weight is 220 g/mol. The van der Waals surface area contributed by atoms with Crippen LogP contribution in [0.25, 0.3) is 0 Å². The summed E-state index contributed by atoms with van der Waals surface area (Å²) < 4.78 is 0. The van der Waals surface area contributed by atoms with Crippen LogP contribution in [-0.2, 0) is 0 Å². The van der Waals surface area contributed by atoms with Gasteiger partial charge in [-0.15, -0.1) is 0 Å². The Labute approximate surface area is 96.9 Å². The zero-order valence-corrected chi connectivity index (χ0v) is 9.60. The summed E-state index contributed by atoms with van der Waals surface area (Å²) in [6.45, 7) is 2.49. The summed E-state index contributed by atoms with van der Waals surface area (Å²) in [5.41, 5.74) is 8.33. The number of anilines is 1. The first-order valence-corrected chi connectivity index (χ1v) is 6.02. The van der Waals surface area contributed by atoms with E-state index in [0.717, 1.165) is 5.56 Å². The lowest BCUT2D eigenvalue weighted by atomic mass is 10.0. The number of aliphatic hydroxyl groups is 1. The van der Waals surface area contributed by atoms with Gasteiger partial charge in [-0.3, -0.25) is 0 Å². The third-order valence-electron chi connectivity index (χ3n) is 3.23. The Morgan fingerprint density at radius 1 is 1.19 bits per heavy atom. The Morgan fingerprint density at radius 3 is 2.38 bits per heavy atom. The van der Waals surface area contributed by atoms with Crippen LogP contribution in [-0.4, -0.2) is 24.8 Å². The predicted molar refractivity (Wildman–Crippen MR) is 66.5 cm³/mol. The number of aliphatic hydroxyl groups excluding tert-OH is 1. The minimum atomic E-state index is -0.0439. The molecule has 0 bridgehead atoms. The number of rotatable bonds is 4. The molecule has 1 fully saturated rings. The summed E-state index contributed by atoms with van der Waals surface area (Å²) >= 11 is 0. The fraction of sp³-hybridized carbons (Fsp3) is 0.538. The summed E-state index contributed by atoms with van der Waals surface area (Å²) in [6.07, 6.45) is 3.22.